The summed E-state index contributed by atoms with van der Waals surface area (Å²) in [6, 6.07) is 12.5. The number of nitrogens with two attached hydrogens (primary N) is 1. The first-order valence-electron chi connectivity index (χ1n) is 6.04. The zero-order chi connectivity index (χ0) is 13.3. The van der Waals surface area contributed by atoms with Crippen molar-refractivity contribution in [3.63, 3.8) is 0 Å². The first-order chi connectivity index (χ1) is 8.43. The molecule has 18 heavy (non-hydrogen) atoms. The van der Waals surface area contributed by atoms with E-state index in [1.807, 2.05) is 19.1 Å². The fraction of sp³-hybridized carbons (Fsp3) is 0.250. The van der Waals surface area contributed by atoms with Crippen LogP contribution in [0.15, 0.2) is 42.5 Å². The van der Waals surface area contributed by atoms with Crippen molar-refractivity contribution >= 4 is 0 Å². The molecule has 1 unspecified atom stereocenters. The molecule has 2 N–H and O–H groups in total. The van der Waals surface area contributed by atoms with Crippen molar-refractivity contribution in [3.05, 3.63) is 70.5 Å². The summed E-state index contributed by atoms with van der Waals surface area (Å²) in [5, 5.41) is 0. The predicted molar refractivity (Wildman–Crippen MR) is 73.0 cm³/mol. The van der Waals surface area contributed by atoms with Crippen molar-refractivity contribution in [2.45, 2.75) is 26.3 Å². The Balaban J connectivity index is 2.54. The third kappa shape index (κ3) is 2.16. The van der Waals surface area contributed by atoms with E-state index in [0.717, 1.165) is 11.1 Å². The number of benzene rings is 2. The van der Waals surface area contributed by atoms with Gasteiger partial charge in [0.25, 0.3) is 0 Å². The molecule has 2 aromatic carbocycles. The minimum absolute atomic E-state index is 0.240. The maximum Gasteiger partial charge on any atom is 0.123 e. The van der Waals surface area contributed by atoms with Crippen molar-refractivity contribution < 1.29 is 4.39 Å². The molecule has 0 amide bonds. The predicted octanol–water partition coefficient (Wildman–Crippen LogP) is 3.66. The molecular weight excluding hydrogens is 225 g/mol. The highest BCUT2D eigenvalue weighted by Crippen LogP contribution is 2.30. The molecule has 0 spiro atoms. The summed E-state index contributed by atoms with van der Waals surface area (Å²) in [5.41, 5.74) is 10.2. The Morgan fingerprint density at radius 1 is 1.00 bits per heavy atom. The second kappa shape index (κ2) is 4.54. The van der Waals surface area contributed by atoms with E-state index in [9.17, 15) is 4.39 Å². The van der Waals surface area contributed by atoms with Gasteiger partial charge in [-0.05, 0) is 55.2 Å². The monoisotopic (exact) mass is 243 g/mol. The van der Waals surface area contributed by atoms with Crippen molar-refractivity contribution in [3.8, 4) is 0 Å². The Morgan fingerprint density at radius 2 is 1.61 bits per heavy atom. The molecule has 0 bridgehead atoms. The smallest absolute Gasteiger partial charge is 0.123 e. The van der Waals surface area contributed by atoms with Gasteiger partial charge in [-0.25, -0.2) is 4.39 Å². The SMILES string of the molecule is Cc1cccc(C(C)(N)c2ccc(F)cc2)c1C. The van der Waals surface area contributed by atoms with Gasteiger partial charge in [0.15, 0.2) is 0 Å². The van der Waals surface area contributed by atoms with Gasteiger partial charge >= 0.3 is 0 Å². The number of aryl methyl sites for hydroxylation is 1. The molecule has 0 saturated carbocycles. The number of rotatable bonds is 2. The van der Waals surface area contributed by atoms with E-state index in [2.05, 4.69) is 19.9 Å². The first-order valence-corrected chi connectivity index (χ1v) is 6.04. The minimum atomic E-state index is -0.607. The van der Waals surface area contributed by atoms with Gasteiger partial charge in [0.05, 0.1) is 5.54 Å². The van der Waals surface area contributed by atoms with Gasteiger partial charge in [-0.3, -0.25) is 0 Å². The molecule has 94 valence electrons. The van der Waals surface area contributed by atoms with Gasteiger partial charge in [-0.15, -0.1) is 0 Å². The second-order valence-corrected chi connectivity index (χ2v) is 4.96. The van der Waals surface area contributed by atoms with Crippen LogP contribution in [0.25, 0.3) is 0 Å². The maximum atomic E-state index is 13.0. The molecule has 0 aromatic heterocycles. The van der Waals surface area contributed by atoms with Gasteiger partial charge in [0.1, 0.15) is 5.82 Å². The van der Waals surface area contributed by atoms with Crippen LogP contribution < -0.4 is 5.73 Å². The molecule has 1 nitrogen and oxygen atoms in total. The average Bonchev–Trinajstić information content (AvgIpc) is 2.33. The largest absolute Gasteiger partial charge is 0.318 e. The molecule has 0 aliphatic rings. The van der Waals surface area contributed by atoms with Crippen LogP contribution >= 0.6 is 0 Å². The third-order valence-electron chi connectivity index (χ3n) is 3.61. The Bertz CT molecular complexity index is 556. The van der Waals surface area contributed by atoms with E-state index in [1.165, 1.54) is 23.3 Å². The molecule has 2 aromatic rings. The van der Waals surface area contributed by atoms with Crippen LogP contribution in [0.3, 0.4) is 0 Å². The highest BCUT2D eigenvalue weighted by Gasteiger charge is 2.25. The van der Waals surface area contributed by atoms with Crippen LogP contribution in [-0.4, -0.2) is 0 Å². The molecule has 0 aliphatic heterocycles. The van der Waals surface area contributed by atoms with E-state index < -0.39 is 5.54 Å². The summed E-state index contributed by atoms with van der Waals surface area (Å²) in [4.78, 5) is 0. The van der Waals surface area contributed by atoms with Crippen molar-refractivity contribution in [1.29, 1.82) is 0 Å². The Hall–Kier alpha value is -1.67. The van der Waals surface area contributed by atoms with Crippen molar-refractivity contribution in [2.75, 3.05) is 0 Å². The summed E-state index contributed by atoms with van der Waals surface area (Å²) in [7, 11) is 0. The number of hydrogen-bond acceptors (Lipinski definition) is 1. The Morgan fingerprint density at radius 3 is 2.22 bits per heavy atom. The van der Waals surface area contributed by atoms with Gasteiger partial charge < -0.3 is 5.73 Å². The topological polar surface area (TPSA) is 26.0 Å². The normalized spacial score (nSPS) is 14.3. The highest BCUT2D eigenvalue weighted by molar-refractivity contribution is 5.44. The summed E-state index contributed by atoms with van der Waals surface area (Å²) >= 11 is 0. The Labute approximate surface area is 107 Å². The molecule has 0 saturated heterocycles. The molecule has 0 radical (unpaired) electrons. The average molecular weight is 243 g/mol. The zero-order valence-corrected chi connectivity index (χ0v) is 11.0. The van der Waals surface area contributed by atoms with Crippen LogP contribution in [-0.2, 0) is 5.54 Å². The van der Waals surface area contributed by atoms with E-state index in [0.29, 0.717) is 0 Å². The Kier molecular flexibility index (Phi) is 3.22. The summed E-state index contributed by atoms with van der Waals surface area (Å²) in [6.07, 6.45) is 0. The lowest BCUT2D eigenvalue weighted by Crippen LogP contribution is -2.35. The maximum absolute atomic E-state index is 13.0. The van der Waals surface area contributed by atoms with Crippen molar-refractivity contribution in [2.24, 2.45) is 5.73 Å². The van der Waals surface area contributed by atoms with Crippen LogP contribution in [0.2, 0.25) is 0 Å². The van der Waals surface area contributed by atoms with E-state index in [-0.39, 0.29) is 5.82 Å². The minimum Gasteiger partial charge on any atom is -0.318 e. The lowest BCUT2D eigenvalue weighted by Gasteiger charge is -2.28. The van der Waals surface area contributed by atoms with Crippen LogP contribution in [0.1, 0.15) is 29.2 Å². The third-order valence-corrected chi connectivity index (χ3v) is 3.61. The molecular formula is C16H18FN. The lowest BCUT2D eigenvalue weighted by molar-refractivity contribution is 0.589. The van der Waals surface area contributed by atoms with E-state index in [4.69, 9.17) is 5.73 Å². The van der Waals surface area contributed by atoms with E-state index >= 15 is 0 Å². The molecule has 0 aliphatic carbocycles. The molecule has 2 rings (SSSR count). The molecule has 2 heteroatoms. The van der Waals surface area contributed by atoms with Gasteiger partial charge in [-0.2, -0.15) is 0 Å². The van der Waals surface area contributed by atoms with E-state index in [1.54, 1.807) is 12.1 Å². The number of halogens is 1. The standard InChI is InChI=1S/C16H18FN/c1-11-5-4-6-15(12(11)2)16(3,18)13-7-9-14(17)10-8-13/h4-10H,18H2,1-3H3. The van der Waals surface area contributed by atoms with Crippen LogP contribution in [0.4, 0.5) is 4.39 Å². The van der Waals surface area contributed by atoms with Gasteiger partial charge in [-0.1, -0.05) is 30.3 Å². The summed E-state index contributed by atoms with van der Waals surface area (Å²) in [5.74, 6) is -0.240. The molecule has 1 atom stereocenters. The lowest BCUT2D eigenvalue weighted by atomic mass is 9.82. The van der Waals surface area contributed by atoms with Crippen molar-refractivity contribution in [1.82, 2.24) is 0 Å². The zero-order valence-electron chi connectivity index (χ0n) is 11.0. The molecule has 0 fully saturated rings. The number of hydrogen-bond donors (Lipinski definition) is 1. The molecule has 0 heterocycles. The summed E-state index contributed by atoms with van der Waals surface area (Å²) in [6.45, 7) is 6.10. The van der Waals surface area contributed by atoms with Crippen LogP contribution in [0, 0.1) is 19.7 Å². The van der Waals surface area contributed by atoms with Gasteiger partial charge in [0.2, 0.25) is 0 Å². The summed E-state index contributed by atoms with van der Waals surface area (Å²) < 4.78 is 13.0. The fourth-order valence-electron chi connectivity index (χ4n) is 2.27. The first kappa shape index (κ1) is 12.8. The van der Waals surface area contributed by atoms with Crippen LogP contribution in [0.5, 0.6) is 0 Å². The van der Waals surface area contributed by atoms with Gasteiger partial charge in [0, 0.05) is 0 Å². The quantitative estimate of drug-likeness (QED) is 0.855. The highest BCUT2D eigenvalue weighted by atomic mass is 19.1. The fourth-order valence-corrected chi connectivity index (χ4v) is 2.27. The second-order valence-electron chi connectivity index (χ2n) is 4.96.